The average molecular weight is 414 g/mol. The summed E-state index contributed by atoms with van der Waals surface area (Å²) >= 11 is 0. The van der Waals surface area contributed by atoms with Crippen LogP contribution in [-0.4, -0.2) is 77.1 Å². The first-order valence-electron chi connectivity index (χ1n) is 11.0. The second kappa shape index (κ2) is 9.21. The van der Waals surface area contributed by atoms with Crippen molar-refractivity contribution in [2.75, 3.05) is 39.3 Å². The molecule has 160 valence electrons. The molecule has 0 unspecified atom stereocenters. The zero-order chi connectivity index (χ0) is 18.9. The molecule has 28 heavy (non-hydrogen) atoms. The monoisotopic (exact) mass is 413 g/mol. The molecule has 4 heterocycles. The quantitative estimate of drug-likeness (QED) is 0.694. The third-order valence-corrected chi connectivity index (χ3v) is 7.94. The second-order valence-electron chi connectivity index (χ2n) is 9.41. The number of carbonyl (C=O) groups is 2. The summed E-state index contributed by atoms with van der Waals surface area (Å²) in [6.07, 6.45) is 10.4. The smallest absolute Gasteiger partial charge is 0.320 e. The maximum Gasteiger partial charge on any atom is 0.320 e. The van der Waals surface area contributed by atoms with Crippen molar-refractivity contribution in [3.63, 3.8) is 0 Å². The summed E-state index contributed by atoms with van der Waals surface area (Å²) in [5, 5.41) is 8.86. The summed E-state index contributed by atoms with van der Waals surface area (Å²) < 4.78 is 0. The molecule has 0 aromatic rings. The number of nitrogens with zero attached hydrogens (tertiary/aromatic N) is 3. The van der Waals surface area contributed by atoms with Crippen molar-refractivity contribution in [2.24, 2.45) is 11.3 Å². The van der Waals surface area contributed by atoms with Gasteiger partial charge in [0.05, 0.1) is 0 Å². The van der Waals surface area contributed by atoms with E-state index in [4.69, 9.17) is 5.11 Å². The van der Waals surface area contributed by atoms with Gasteiger partial charge < -0.3 is 19.8 Å². The highest BCUT2D eigenvalue weighted by Crippen LogP contribution is 2.43. The van der Waals surface area contributed by atoms with Crippen molar-refractivity contribution in [2.45, 2.75) is 70.3 Å². The third-order valence-electron chi connectivity index (χ3n) is 7.94. The molecule has 0 aromatic heterocycles. The lowest BCUT2D eigenvalue weighted by atomic mass is 9.70. The van der Waals surface area contributed by atoms with Gasteiger partial charge in [-0.1, -0.05) is 0 Å². The molecule has 4 aliphatic heterocycles. The number of carboxylic acids is 1. The number of halogens is 1. The molecule has 4 saturated heterocycles. The Morgan fingerprint density at radius 2 is 1.64 bits per heavy atom. The van der Waals surface area contributed by atoms with Crippen LogP contribution >= 0.6 is 12.4 Å². The van der Waals surface area contributed by atoms with Crippen LogP contribution in [0.5, 0.6) is 0 Å². The number of hydrogen-bond acceptors (Lipinski definition) is 3. The van der Waals surface area contributed by atoms with Gasteiger partial charge in [0.1, 0.15) is 0 Å². The average Bonchev–Trinajstić information content (AvgIpc) is 3.07. The highest BCUT2D eigenvalue weighted by atomic mass is 35.5. The normalized spacial score (nSPS) is 35.1. The summed E-state index contributed by atoms with van der Waals surface area (Å²) in [4.78, 5) is 30.5. The van der Waals surface area contributed by atoms with Crippen LogP contribution in [-0.2, 0) is 4.79 Å². The zero-order valence-corrected chi connectivity index (χ0v) is 17.8. The van der Waals surface area contributed by atoms with Crippen LogP contribution < -0.4 is 0 Å². The van der Waals surface area contributed by atoms with Gasteiger partial charge in [-0.15, -0.1) is 12.4 Å². The number of carbonyl (C=O) groups excluding carboxylic acids is 1. The lowest BCUT2D eigenvalue weighted by molar-refractivity contribution is -0.137. The van der Waals surface area contributed by atoms with Crippen LogP contribution in [0, 0.1) is 11.3 Å². The van der Waals surface area contributed by atoms with Gasteiger partial charge in [-0.25, -0.2) is 4.79 Å². The Hall–Kier alpha value is -1.01. The van der Waals surface area contributed by atoms with E-state index in [9.17, 15) is 9.59 Å². The van der Waals surface area contributed by atoms with E-state index in [1.807, 2.05) is 0 Å². The van der Waals surface area contributed by atoms with Crippen molar-refractivity contribution in [1.29, 1.82) is 0 Å². The summed E-state index contributed by atoms with van der Waals surface area (Å²) in [7, 11) is 0. The van der Waals surface area contributed by atoms with Gasteiger partial charge in [0.2, 0.25) is 0 Å². The summed E-state index contributed by atoms with van der Waals surface area (Å²) in [5.74, 6) is -0.159. The minimum atomic E-state index is -0.689. The Kier molecular flexibility index (Phi) is 7.13. The molecule has 0 aromatic carbocycles. The Bertz CT molecular complexity index is 543. The SMILES string of the molecule is Cl.O=C(O)CCC1CCC(N2CCN(CCC34CCN(CC3)CC4)C2=O)CC1. The van der Waals surface area contributed by atoms with Gasteiger partial charge in [-0.2, -0.15) is 0 Å². The summed E-state index contributed by atoms with van der Waals surface area (Å²) in [6.45, 7) is 6.47. The molecule has 1 saturated carbocycles. The van der Waals surface area contributed by atoms with Crippen LogP contribution in [0.15, 0.2) is 0 Å². The maximum absolute atomic E-state index is 12.9. The lowest BCUT2D eigenvalue weighted by Crippen LogP contribution is -2.49. The van der Waals surface area contributed by atoms with Gasteiger partial charge in [0, 0.05) is 32.1 Å². The molecule has 0 radical (unpaired) electrons. The first kappa shape index (κ1) is 21.7. The van der Waals surface area contributed by atoms with E-state index >= 15 is 0 Å². The van der Waals surface area contributed by atoms with E-state index in [-0.39, 0.29) is 24.9 Å². The maximum atomic E-state index is 12.9. The highest BCUT2D eigenvalue weighted by molar-refractivity contribution is 5.85. The fraction of sp³-hybridized carbons (Fsp3) is 0.905. The molecule has 6 nitrogen and oxygen atoms in total. The van der Waals surface area contributed by atoms with Crippen molar-refractivity contribution in [1.82, 2.24) is 14.7 Å². The molecule has 5 fully saturated rings. The predicted octanol–water partition coefficient (Wildman–Crippen LogP) is 3.45. The molecule has 2 amide bonds. The highest BCUT2D eigenvalue weighted by Gasteiger charge is 2.41. The largest absolute Gasteiger partial charge is 0.481 e. The summed E-state index contributed by atoms with van der Waals surface area (Å²) in [5.41, 5.74) is 0.505. The van der Waals surface area contributed by atoms with Gasteiger partial charge in [-0.05, 0) is 88.8 Å². The molecule has 1 N–H and O–H groups in total. The van der Waals surface area contributed by atoms with E-state index in [0.717, 1.165) is 51.7 Å². The standard InChI is InChI=1S/C21H35N3O3.ClH/c25-19(26)6-3-17-1-4-18(5-2-17)24-16-15-23(20(24)27)14-10-21-7-11-22(12-8-21)13-9-21;/h17-18H,1-16H2,(H,25,26);1H. The fourth-order valence-corrected chi connectivity index (χ4v) is 5.86. The molecule has 0 spiro atoms. The third kappa shape index (κ3) is 4.76. The molecular weight excluding hydrogens is 378 g/mol. The minimum absolute atomic E-state index is 0. The first-order valence-corrected chi connectivity index (χ1v) is 11.0. The van der Waals surface area contributed by atoms with Crippen molar-refractivity contribution in [3.8, 4) is 0 Å². The van der Waals surface area contributed by atoms with Gasteiger partial charge in [0.25, 0.3) is 0 Å². The number of rotatable bonds is 7. The van der Waals surface area contributed by atoms with E-state index in [1.165, 1.54) is 45.3 Å². The number of carboxylic acid groups (broad SMARTS) is 1. The molecule has 5 aliphatic rings. The van der Waals surface area contributed by atoms with E-state index < -0.39 is 5.97 Å². The minimum Gasteiger partial charge on any atom is -0.481 e. The van der Waals surface area contributed by atoms with Gasteiger partial charge in [0.15, 0.2) is 0 Å². The van der Waals surface area contributed by atoms with Crippen LogP contribution in [0.25, 0.3) is 0 Å². The number of hydrogen-bond donors (Lipinski definition) is 1. The van der Waals surface area contributed by atoms with Crippen molar-refractivity contribution in [3.05, 3.63) is 0 Å². The van der Waals surface area contributed by atoms with Crippen LogP contribution in [0.4, 0.5) is 4.79 Å². The Morgan fingerprint density at radius 3 is 2.25 bits per heavy atom. The van der Waals surface area contributed by atoms with Crippen molar-refractivity contribution < 1.29 is 14.7 Å². The Labute approximate surface area is 175 Å². The number of urea groups is 1. The lowest BCUT2D eigenvalue weighted by Gasteiger charge is -2.49. The van der Waals surface area contributed by atoms with Gasteiger partial charge >= 0.3 is 12.0 Å². The Balaban J connectivity index is 0.00000225. The molecule has 7 heteroatoms. The predicted molar refractivity (Wildman–Crippen MR) is 111 cm³/mol. The van der Waals surface area contributed by atoms with E-state index in [0.29, 0.717) is 17.4 Å². The van der Waals surface area contributed by atoms with Gasteiger partial charge in [-0.3, -0.25) is 4.79 Å². The van der Waals surface area contributed by atoms with Crippen LogP contribution in [0.3, 0.4) is 0 Å². The summed E-state index contributed by atoms with van der Waals surface area (Å²) in [6, 6.07) is 0.633. The number of amides is 2. The Morgan fingerprint density at radius 1 is 1.00 bits per heavy atom. The molecule has 1 aliphatic carbocycles. The van der Waals surface area contributed by atoms with Crippen LogP contribution in [0.1, 0.15) is 64.2 Å². The number of aliphatic carboxylic acids is 1. The first-order chi connectivity index (χ1) is 13.0. The van der Waals surface area contributed by atoms with E-state index in [2.05, 4.69) is 14.7 Å². The molecule has 5 rings (SSSR count). The molecule has 0 atom stereocenters. The number of piperidine rings is 3. The van der Waals surface area contributed by atoms with Crippen molar-refractivity contribution >= 4 is 24.4 Å². The topological polar surface area (TPSA) is 64.1 Å². The zero-order valence-electron chi connectivity index (χ0n) is 17.0. The number of fused-ring (bicyclic) bond motifs is 3. The molecule has 2 bridgehead atoms. The van der Waals surface area contributed by atoms with Crippen LogP contribution in [0.2, 0.25) is 0 Å². The van der Waals surface area contributed by atoms with E-state index in [1.54, 1.807) is 0 Å². The molecular formula is C21H36ClN3O3. The second-order valence-corrected chi connectivity index (χ2v) is 9.41. The fourth-order valence-electron chi connectivity index (χ4n) is 5.86.